The van der Waals surface area contributed by atoms with Crippen LogP contribution < -0.4 is 20.3 Å². The molecule has 138 valence electrons. The summed E-state index contributed by atoms with van der Waals surface area (Å²) in [7, 11) is 1.42. The molecular formula is C17H15ClFIN2O4. The quantitative estimate of drug-likeness (QED) is 0.496. The Labute approximate surface area is 168 Å². The monoisotopic (exact) mass is 492 g/mol. The van der Waals surface area contributed by atoms with Crippen molar-refractivity contribution in [2.75, 3.05) is 7.11 Å². The van der Waals surface area contributed by atoms with Crippen LogP contribution in [0, 0.1) is 9.39 Å². The maximum absolute atomic E-state index is 12.9. The molecule has 0 aliphatic heterocycles. The summed E-state index contributed by atoms with van der Waals surface area (Å²) in [5, 5.41) is 0.385. The van der Waals surface area contributed by atoms with E-state index in [1.807, 2.05) is 22.6 Å². The Kier molecular flexibility index (Phi) is 7.04. The van der Waals surface area contributed by atoms with E-state index in [0.717, 1.165) is 3.57 Å². The fraction of sp³-hybridized carbons (Fsp3) is 0.176. The highest BCUT2D eigenvalue weighted by molar-refractivity contribution is 14.1. The van der Waals surface area contributed by atoms with Crippen molar-refractivity contribution >= 4 is 46.0 Å². The van der Waals surface area contributed by atoms with Gasteiger partial charge in [-0.2, -0.15) is 0 Å². The van der Waals surface area contributed by atoms with Crippen LogP contribution in [0.1, 0.15) is 17.3 Å². The molecule has 0 saturated heterocycles. The van der Waals surface area contributed by atoms with Crippen LogP contribution >= 0.6 is 34.2 Å². The van der Waals surface area contributed by atoms with Gasteiger partial charge < -0.3 is 9.47 Å². The van der Waals surface area contributed by atoms with Gasteiger partial charge in [-0.1, -0.05) is 11.6 Å². The Morgan fingerprint density at radius 1 is 1.19 bits per heavy atom. The Bertz CT molecular complexity index is 817. The van der Waals surface area contributed by atoms with E-state index in [1.54, 1.807) is 6.07 Å². The van der Waals surface area contributed by atoms with Crippen LogP contribution in [0.2, 0.25) is 5.02 Å². The first kappa shape index (κ1) is 20.2. The summed E-state index contributed by atoms with van der Waals surface area (Å²) < 4.78 is 24.1. The number of halogens is 3. The lowest BCUT2D eigenvalue weighted by molar-refractivity contribution is -0.128. The first-order valence-corrected chi connectivity index (χ1v) is 8.83. The third-order valence-corrected chi connectivity index (χ3v) is 4.81. The number of hydrazine groups is 1. The molecule has 2 aromatic rings. The summed E-state index contributed by atoms with van der Waals surface area (Å²) >= 11 is 8.04. The van der Waals surface area contributed by atoms with Gasteiger partial charge >= 0.3 is 0 Å². The molecule has 0 spiro atoms. The van der Waals surface area contributed by atoms with Crippen molar-refractivity contribution in [2.24, 2.45) is 0 Å². The average molecular weight is 493 g/mol. The van der Waals surface area contributed by atoms with Gasteiger partial charge in [0.2, 0.25) is 0 Å². The van der Waals surface area contributed by atoms with E-state index in [-0.39, 0.29) is 5.56 Å². The van der Waals surface area contributed by atoms with Crippen LogP contribution in [0.4, 0.5) is 4.39 Å². The zero-order valence-corrected chi connectivity index (χ0v) is 16.7. The van der Waals surface area contributed by atoms with E-state index in [2.05, 4.69) is 10.9 Å². The zero-order chi connectivity index (χ0) is 19.3. The first-order chi connectivity index (χ1) is 12.3. The van der Waals surface area contributed by atoms with Gasteiger partial charge in [-0.25, -0.2) is 4.39 Å². The van der Waals surface area contributed by atoms with Gasteiger partial charge in [0.1, 0.15) is 17.3 Å². The molecule has 2 amide bonds. The second kappa shape index (κ2) is 9.04. The van der Waals surface area contributed by atoms with E-state index in [9.17, 15) is 14.0 Å². The molecule has 1 unspecified atom stereocenters. The highest BCUT2D eigenvalue weighted by Gasteiger charge is 2.19. The molecule has 9 heteroatoms. The highest BCUT2D eigenvalue weighted by atomic mass is 127. The Morgan fingerprint density at radius 3 is 2.46 bits per heavy atom. The number of carbonyl (C=O) groups excluding carboxylic acids is 2. The molecule has 0 saturated carbocycles. The smallest absolute Gasteiger partial charge is 0.279 e. The number of methoxy groups -OCH3 is 1. The minimum Gasteiger partial charge on any atom is -0.496 e. The van der Waals surface area contributed by atoms with Crippen LogP contribution in [0.3, 0.4) is 0 Å². The molecule has 0 bridgehead atoms. The summed E-state index contributed by atoms with van der Waals surface area (Å²) in [5.41, 5.74) is 4.71. The first-order valence-electron chi connectivity index (χ1n) is 7.37. The third-order valence-electron chi connectivity index (χ3n) is 3.28. The van der Waals surface area contributed by atoms with Gasteiger partial charge in [0.15, 0.2) is 6.10 Å². The van der Waals surface area contributed by atoms with Crippen molar-refractivity contribution in [3.63, 3.8) is 0 Å². The van der Waals surface area contributed by atoms with Gasteiger partial charge in [0, 0.05) is 3.57 Å². The molecule has 0 aliphatic carbocycles. The molecule has 1 atom stereocenters. The topological polar surface area (TPSA) is 76.7 Å². The molecule has 6 nitrogen and oxygen atoms in total. The number of benzene rings is 2. The van der Waals surface area contributed by atoms with Crippen molar-refractivity contribution in [3.05, 3.63) is 56.4 Å². The van der Waals surface area contributed by atoms with E-state index in [4.69, 9.17) is 21.1 Å². The van der Waals surface area contributed by atoms with Crippen molar-refractivity contribution in [3.8, 4) is 11.5 Å². The molecule has 2 rings (SSSR count). The number of carbonyl (C=O) groups is 2. The van der Waals surface area contributed by atoms with Crippen LogP contribution in [0.15, 0.2) is 36.4 Å². The number of hydrogen-bond acceptors (Lipinski definition) is 4. The maximum atomic E-state index is 12.9. The minimum atomic E-state index is -0.914. The Hall–Kier alpha value is -2.07. The zero-order valence-electron chi connectivity index (χ0n) is 13.8. The molecule has 2 aromatic carbocycles. The minimum absolute atomic E-state index is 0.172. The van der Waals surface area contributed by atoms with Crippen LogP contribution in [-0.4, -0.2) is 25.0 Å². The molecule has 0 fully saturated rings. The summed E-state index contributed by atoms with van der Waals surface area (Å²) in [5.74, 6) is -0.944. The van der Waals surface area contributed by atoms with Crippen molar-refractivity contribution < 1.29 is 23.5 Å². The number of rotatable bonds is 5. The predicted molar refractivity (Wildman–Crippen MR) is 103 cm³/mol. The normalized spacial score (nSPS) is 11.4. The van der Waals surface area contributed by atoms with Gasteiger partial charge in [-0.15, -0.1) is 0 Å². The largest absolute Gasteiger partial charge is 0.496 e. The Morgan fingerprint density at radius 2 is 1.85 bits per heavy atom. The molecule has 2 N–H and O–H groups in total. The molecule has 0 aromatic heterocycles. The number of hydrogen-bond donors (Lipinski definition) is 2. The lowest BCUT2D eigenvalue weighted by Crippen LogP contribution is -2.47. The van der Waals surface area contributed by atoms with E-state index >= 15 is 0 Å². The van der Waals surface area contributed by atoms with Crippen molar-refractivity contribution in [1.82, 2.24) is 10.9 Å². The summed E-state index contributed by atoms with van der Waals surface area (Å²) in [4.78, 5) is 24.3. The summed E-state index contributed by atoms with van der Waals surface area (Å²) in [6, 6.07) is 8.29. The van der Waals surface area contributed by atoms with Crippen molar-refractivity contribution in [2.45, 2.75) is 13.0 Å². The summed E-state index contributed by atoms with van der Waals surface area (Å²) in [6.07, 6.45) is -0.914. The average Bonchev–Trinajstić information content (AvgIpc) is 2.63. The molecule has 26 heavy (non-hydrogen) atoms. The van der Waals surface area contributed by atoms with Crippen molar-refractivity contribution in [1.29, 1.82) is 0 Å². The second-order valence-electron chi connectivity index (χ2n) is 5.12. The van der Waals surface area contributed by atoms with Gasteiger partial charge in [-0.3, -0.25) is 20.4 Å². The molecule has 0 radical (unpaired) electrons. The molecule has 0 aliphatic rings. The number of nitrogens with one attached hydrogen (secondary N) is 2. The third kappa shape index (κ3) is 5.21. The summed E-state index contributed by atoms with van der Waals surface area (Å²) in [6.45, 7) is 1.49. The van der Waals surface area contributed by atoms with E-state index in [1.165, 1.54) is 44.4 Å². The predicted octanol–water partition coefficient (Wildman–Crippen LogP) is 3.32. The van der Waals surface area contributed by atoms with Crippen LogP contribution in [0.25, 0.3) is 0 Å². The SMILES string of the molecule is COc1cc(I)c(Cl)cc1C(=O)NNC(=O)C(C)Oc1ccc(F)cc1. The number of ether oxygens (including phenoxy) is 2. The fourth-order valence-electron chi connectivity index (χ4n) is 1.93. The standard InChI is InChI=1S/C17H15ClFIN2O4/c1-9(26-11-5-3-10(19)4-6-11)16(23)21-22-17(24)12-7-13(18)14(20)8-15(12)25-2/h3-9H,1-2H3,(H,21,23)(H,22,24). The van der Waals surface area contributed by atoms with Gasteiger partial charge in [0.05, 0.1) is 17.7 Å². The van der Waals surface area contributed by atoms with E-state index in [0.29, 0.717) is 16.5 Å². The van der Waals surface area contributed by atoms with Crippen LogP contribution in [-0.2, 0) is 4.79 Å². The lowest BCUT2D eigenvalue weighted by atomic mass is 10.2. The highest BCUT2D eigenvalue weighted by Crippen LogP contribution is 2.28. The molecular weight excluding hydrogens is 478 g/mol. The van der Waals surface area contributed by atoms with E-state index < -0.39 is 23.7 Å². The van der Waals surface area contributed by atoms with Gasteiger partial charge in [-0.05, 0) is 65.9 Å². The number of amides is 2. The molecule has 0 heterocycles. The maximum Gasteiger partial charge on any atom is 0.279 e. The van der Waals surface area contributed by atoms with Crippen LogP contribution in [0.5, 0.6) is 11.5 Å². The Balaban J connectivity index is 1.97. The van der Waals surface area contributed by atoms with Gasteiger partial charge in [0.25, 0.3) is 11.8 Å². The fourth-order valence-corrected chi connectivity index (χ4v) is 2.54. The lowest BCUT2D eigenvalue weighted by Gasteiger charge is -2.16. The second-order valence-corrected chi connectivity index (χ2v) is 6.69.